The average Bonchev–Trinajstić information content (AvgIpc) is 2.92. The van der Waals surface area contributed by atoms with Gasteiger partial charge in [-0.2, -0.15) is 5.11 Å². The predicted octanol–water partition coefficient (Wildman–Crippen LogP) is 8.93. The summed E-state index contributed by atoms with van der Waals surface area (Å²) in [5, 5.41) is 38.6. The molecule has 0 unspecified atom stereocenters. The second kappa shape index (κ2) is 9.68. The van der Waals surface area contributed by atoms with Gasteiger partial charge in [0.2, 0.25) is 0 Å². The van der Waals surface area contributed by atoms with Crippen molar-refractivity contribution in [1.82, 2.24) is 0 Å². The van der Waals surface area contributed by atoms with Crippen LogP contribution in [-0.2, 0) is 6.42 Å². The first-order chi connectivity index (χ1) is 18.5. The third-order valence-electron chi connectivity index (χ3n) is 6.67. The van der Waals surface area contributed by atoms with Gasteiger partial charge in [0.05, 0.1) is 22.7 Å². The number of hydrogen-bond donors (Lipinski definition) is 3. The maximum absolute atomic E-state index is 9.10. The van der Waals surface area contributed by atoms with Gasteiger partial charge in [-0.1, -0.05) is 48.5 Å². The Morgan fingerprint density at radius 2 is 1.16 bits per heavy atom. The van der Waals surface area contributed by atoms with E-state index in [2.05, 4.69) is 63.1 Å². The number of rotatable bonds is 6. The number of nitrogens with zero attached hydrogens (tertiary/aromatic N) is 4. The van der Waals surface area contributed by atoms with Crippen LogP contribution in [0.3, 0.4) is 0 Å². The Hall–Kier alpha value is -4.62. The zero-order valence-corrected chi connectivity index (χ0v) is 21.3. The summed E-state index contributed by atoms with van der Waals surface area (Å²) in [5.74, 6) is 0. The monoisotopic (exact) mass is 500 g/mol. The molecule has 0 amide bonds. The van der Waals surface area contributed by atoms with Crippen molar-refractivity contribution >= 4 is 55.7 Å². The summed E-state index contributed by atoms with van der Waals surface area (Å²) in [7, 11) is 0. The van der Waals surface area contributed by atoms with E-state index in [1.807, 2.05) is 72.8 Å². The fourth-order valence-corrected chi connectivity index (χ4v) is 4.91. The van der Waals surface area contributed by atoms with E-state index in [1.54, 1.807) is 0 Å². The smallest absolute Gasteiger partial charge is 0.102 e. The Morgan fingerprint density at radius 1 is 0.605 bits per heavy atom. The molecule has 1 aliphatic heterocycles. The van der Waals surface area contributed by atoms with Gasteiger partial charge in [-0.15, -0.1) is 15.3 Å². The first-order valence-electron chi connectivity index (χ1n) is 12.7. The van der Waals surface area contributed by atoms with Gasteiger partial charge in [0, 0.05) is 39.5 Å². The molecular formula is C31H28N6O. The van der Waals surface area contributed by atoms with Crippen LogP contribution in [0, 0.1) is 0 Å². The summed E-state index contributed by atoms with van der Waals surface area (Å²) >= 11 is 0. The van der Waals surface area contributed by atoms with E-state index >= 15 is 0 Å². The van der Waals surface area contributed by atoms with Crippen molar-refractivity contribution < 1.29 is 5.11 Å². The van der Waals surface area contributed by atoms with Crippen LogP contribution in [0.15, 0.2) is 111 Å². The molecule has 7 heteroatoms. The number of azo groups is 2. The zero-order valence-electron chi connectivity index (χ0n) is 21.3. The number of aliphatic hydroxyl groups excluding tert-OH is 1. The molecule has 0 fully saturated rings. The Balaban J connectivity index is 1.33. The van der Waals surface area contributed by atoms with Crippen LogP contribution in [0.4, 0.5) is 34.1 Å². The van der Waals surface area contributed by atoms with Gasteiger partial charge in [-0.3, -0.25) is 0 Å². The lowest BCUT2D eigenvalue weighted by molar-refractivity contribution is 0.299. The third kappa shape index (κ3) is 4.60. The van der Waals surface area contributed by atoms with Gasteiger partial charge in [-0.05, 0) is 68.3 Å². The van der Waals surface area contributed by atoms with E-state index in [4.69, 9.17) is 5.11 Å². The molecule has 1 aliphatic rings. The van der Waals surface area contributed by atoms with E-state index in [9.17, 15) is 0 Å². The van der Waals surface area contributed by atoms with Crippen molar-refractivity contribution in [3.63, 3.8) is 0 Å². The number of hydrogen-bond acceptors (Lipinski definition) is 7. The highest BCUT2D eigenvalue weighted by molar-refractivity contribution is 6.09. The van der Waals surface area contributed by atoms with Crippen molar-refractivity contribution in [2.45, 2.75) is 25.9 Å². The van der Waals surface area contributed by atoms with E-state index < -0.39 is 0 Å². The number of aliphatic hydroxyl groups is 1. The molecule has 38 heavy (non-hydrogen) atoms. The van der Waals surface area contributed by atoms with Gasteiger partial charge in [0.1, 0.15) is 5.66 Å². The predicted molar refractivity (Wildman–Crippen MR) is 155 cm³/mol. The number of benzene rings is 5. The summed E-state index contributed by atoms with van der Waals surface area (Å²) in [5.41, 5.74) is 6.11. The highest BCUT2D eigenvalue weighted by atomic mass is 16.2. The summed E-state index contributed by atoms with van der Waals surface area (Å²) in [4.78, 5) is 0. The lowest BCUT2D eigenvalue weighted by Crippen LogP contribution is -2.41. The second-order valence-corrected chi connectivity index (χ2v) is 9.92. The van der Waals surface area contributed by atoms with Crippen molar-refractivity contribution in [3.05, 3.63) is 96.6 Å². The fraction of sp³-hybridized carbons (Fsp3) is 0.161. The molecule has 5 aromatic rings. The largest absolute Gasteiger partial charge is 0.396 e. The normalized spacial score (nSPS) is 14.3. The van der Waals surface area contributed by atoms with Crippen molar-refractivity contribution in [3.8, 4) is 0 Å². The summed E-state index contributed by atoms with van der Waals surface area (Å²) in [6.45, 7) is 4.36. The molecule has 1 heterocycles. The lowest BCUT2D eigenvalue weighted by Gasteiger charge is -2.36. The Kier molecular flexibility index (Phi) is 6.05. The summed E-state index contributed by atoms with van der Waals surface area (Å²) in [6, 6.07) is 29.9. The van der Waals surface area contributed by atoms with Gasteiger partial charge < -0.3 is 15.7 Å². The Bertz CT molecular complexity index is 1690. The van der Waals surface area contributed by atoms with Crippen molar-refractivity contribution in [2.24, 2.45) is 20.5 Å². The molecule has 0 bridgehead atoms. The Morgan fingerprint density at radius 3 is 1.82 bits per heavy atom. The summed E-state index contributed by atoms with van der Waals surface area (Å²) in [6.07, 6.45) is 0.630. The van der Waals surface area contributed by atoms with Gasteiger partial charge in [0.25, 0.3) is 0 Å². The van der Waals surface area contributed by atoms with Crippen LogP contribution >= 0.6 is 0 Å². The van der Waals surface area contributed by atoms with E-state index in [0.29, 0.717) is 6.42 Å². The standard InChI is InChI=1S/C31H28N6O/c1-31(2)32-28-9-5-8-24-27(16-17-29(33-31)30(24)28)37-36-26-15-14-25(22-6-3-4-7-23(22)26)35-34-21-12-10-20(11-13-21)18-19-38/h3-17,32-33,38H,18-19H2,1-2H3/b35-34+,37-36+. The van der Waals surface area contributed by atoms with Gasteiger partial charge in [0.15, 0.2) is 0 Å². The minimum absolute atomic E-state index is 0.131. The molecule has 3 N–H and O–H groups in total. The molecule has 0 aliphatic carbocycles. The topological polar surface area (TPSA) is 93.7 Å². The third-order valence-corrected chi connectivity index (χ3v) is 6.67. The molecule has 0 saturated carbocycles. The first kappa shape index (κ1) is 23.8. The number of fused-ring (bicyclic) bond motifs is 1. The first-order valence-corrected chi connectivity index (χ1v) is 12.7. The highest BCUT2D eigenvalue weighted by Gasteiger charge is 2.25. The van der Waals surface area contributed by atoms with Crippen LogP contribution in [-0.4, -0.2) is 17.4 Å². The van der Waals surface area contributed by atoms with E-state index in [0.717, 1.165) is 61.2 Å². The molecule has 188 valence electrons. The zero-order chi connectivity index (χ0) is 26.1. The maximum Gasteiger partial charge on any atom is 0.102 e. The molecular weight excluding hydrogens is 472 g/mol. The molecule has 0 aromatic heterocycles. The fourth-order valence-electron chi connectivity index (χ4n) is 4.91. The highest BCUT2D eigenvalue weighted by Crippen LogP contribution is 2.42. The van der Waals surface area contributed by atoms with Crippen LogP contribution in [0.2, 0.25) is 0 Å². The Labute approximate surface area is 221 Å². The molecule has 0 saturated heterocycles. The summed E-state index contributed by atoms with van der Waals surface area (Å²) < 4.78 is 0. The maximum atomic E-state index is 9.10. The molecule has 0 radical (unpaired) electrons. The van der Waals surface area contributed by atoms with Gasteiger partial charge >= 0.3 is 0 Å². The van der Waals surface area contributed by atoms with Crippen LogP contribution in [0.25, 0.3) is 21.5 Å². The van der Waals surface area contributed by atoms with Crippen molar-refractivity contribution in [2.75, 3.05) is 17.2 Å². The quantitative estimate of drug-likeness (QED) is 0.203. The van der Waals surface area contributed by atoms with Crippen LogP contribution in [0.1, 0.15) is 19.4 Å². The molecule has 0 spiro atoms. The SMILES string of the molecule is CC1(C)Nc2cccc3c(/N=N/c4ccc(/N=N/c5ccc(CCO)cc5)c5ccccc45)ccc(c23)N1. The van der Waals surface area contributed by atoms with Crippen LogP contribution in [0.5, 0.6) is 0 Å². The molecule has 7 nitrogen and oxygen atoms in total. The lowest BCUT2D eigenvalue weighted by atomic mass is 10.00. The molecule has 6 rings (SSSR count). The minimum atomic E-state index is -0.230. The second-order valence-electron chi connectivity index (χ2n) is 9.92. The minimum Gasteiger partial charge on any atom is -0.396 e. The average molecular weight is 501 g/mol. The molecule has 5 aromatic carbocycles. The number of anilines is 2. The van der Waals surface area contributed by atoms with E-state index in [1.165, 1.54) is 0 Å². The van der Waals surface area contributed by atoms with Gasteiger partial charge in [-0.25, -0.2) is 0 Å². The van der Waals surface area contributed by atoms with Crippen molar-refractivity contribution in [1.29, 1.82) is 0 Å². The number of nitrogens with one attached hydrogen (secondary N) is 2. The van der Waals surface area contributed by atoms with Crippen LogP contribution < -0.4 is 10.6 Å². The van der Waals surface area contributed by atoms with E-state index in [-0.39, 0.29) is 12.3 Å². The molecule has 0 atom stereocenters.